The van der Waals surface area contributed by atoms with E-state index in [9.17, 15) is 9.59 Å². The number of aryl methyl sites for hydroxylation is 1. The van der Waals surface area contributed by atoms with Crippen molar-refractivity contribution in [1.29, 1.82) is 0 Å². The van der Waals surface area contributed by atoms with Crippen LogP contribution in [0.3, 0.4) is 0 Å². The lowest BCUT2D eigenvalue weighted by molar-refractivity contribution is -0.142. The van der Waals surface area contributed by atoms with Gasteiger partial charge in [0.15, 0.2) is 6.61 Å². The van der Waals surface area contributed by atoms with Crippen LogP contribution in [0.1, 0.15) is 37.8 Å². The molecule has 0 aromatic heterocycles. The van der Waals surface area contributed by atoms with Gasteiger partial charge in [-0.05, 0) is 50.1 Å². The van der Waals surface area contributed by atoms with Gasteiger partial charge in [0.05, 0.1) is 0 Å². The summed E-state index contributed by atoms with van der Waals surface area (Å²) in [6, 6.07) is 14.1. The van der Waals surface area contributed by atoms with Gasteiger partial charge in [-0.3, -0.25) is 9.59 Å². The highest BCUT2D eigenvalue weighted by Gasteiger charge is 2.26. The Morgan fingerprint density at radius 3 is 2.38 bits per heavy atom. The molecule has 0 heterocycles. The maximum Gasteiger partial charge on any atom is 0.261 e. The van der Waals surface area contributed by atoms with E-state index in [1.165, 1.54) is 0 Å². The standard InChI is InChI=1S/C23H29ClN2O3/c1-4-5-14-25-23(28)18(3)26(15-19-8-10-20(24)11-9-19)22(27)16-29-21-12-6-17(2)7-13-21/h6-13,18H,4-5,14-16H2,1-3H3,(H,25,28). The molecule has 29 heavy (non-hydrogen) atoms. The van der Waals surface area contributed by atoms with Gasteiger partial charge in [-0.15, -0.1) is 0 Å². The third-order valence-corrected chi connectivity index (χ3v) is 4.90. The minimum Gasteiger partial charge on any atom is -0.484 e. The zero-order valence-corrected chi connectivity index (χ0v) is 18.0. The zero-order chi connectivity index (χ0) is 21.2. The second-order valence-electron chi connectivity index (χ2n) is 7.07. The number of hydrogen-bond acceptors (Lipinski definition) is 3. The van der Waals surface area contributed by atoms with Crippen LogP contribution in [0.4, 0.5) is 0 Å². The fourth-order valence-corrected chi connectivity index (χ4v) is 2.89. The van der Waals surface area contributed by atoms with E-state index in [-0.39, 0.29) is 18.4 Å². The fraction of sp³-hybridized carbons (Fsp3) is 0.391. The topological polar surface area (TPSA) is 58.6 Å². The Morgan fingerprint density at radius 1 is 1.10 bits per heavy atom. The van der Waals surface area contributed by atoms with Crippen LogP contribution in [0.25, 0.3) is 0 Å². The van der Waals surface area contributed by atoms with Gasteiger partial charge in [-0.25, -0.2) is 0 Å². The highest BCUT2D eigenvalue weighted by Crippen LogP contribution is 2.15. The Labute approximate surface area is 178 Å². The largest absolute Gasteiger partial charge is 0.484 e. The minimum absolute atomic E-state index is 0.136. The van der Waals surface area contributed by atoms with Crippen LogP contribution < -0.4 is 10.1 Å². The molecule has 1 atom stereocenters. The molecule has 156 valence electrons. The fourth-order valence-electron chi connectivity index (χ4n) is 2.77. The molecule has 6 heteroatoms. The zero-order valence-electron chi connectivity index (χ0n) is 17.3. The van der Waals surface area contributed by atoms with Crippen LogP contribution in [0.5, 0.6) is 5.75 Å². The summed E-state index contributed by atoms with van der Waals surface area (Å²) in [6.45, 7) is 6.55. The molecule has 0 saturated carbocycles. The maximum atomic E-state index is 12.9. The van der Waals surface area contributed by atoms with Crippen molar-refractivity contribution >= 4 is 23.4 Å². The lowest BCUT2D eigenvalue weighted by atomic mass is 10.1. The second kappa shape index (κ2) is 11.5. The summed E-state index contributed by atoms with van der Waals surface area (Å²) in [5.74, 6) is 0.199. The molecule has 5 nitrogen and oxygen atoms in total. The predicted octanol–water partition coefficient (Wildman–Crippen LogP) is 4.36. The number of benzene rings is 2. The Hall–Kier alpha value is -2.53. The Bertz CT molecular complexity index is 791. The molecular formula is C23H29ClN2O3. The third kappa shape index (κ3) is 7.42. The molecule has 1 unspecified atom stereocenters. The van der Waals surface area contributed by atoms with Gasteiger partial charge < -0.3 is 15.0 Å². The molecule has 2 aromatic carbocycles. The van der Waals surface area contributed by atoms with Crippen molar-refractivity contribution in [3.63, 3.8) is 0 Å². The molecule has 0 aliphatic heterocycles. The molecule has 0 saturated heterocycles. The van der Waals surface area contributed by atoms with Crippen molar-refractivity contribution in [2.75, 3.05) is 13.2 Å². The first-order valence-corrected chi connectivity index (χ1v) is 10.3. The number of rotatable bonds is 10. The van der Waals surface area contributed by atoms with Crippen LogP contribution in [0, 0.1) is 6.92 Å². The summed E-state index contributed by atoms with van der Waals surface area (Å²) in [6.07, 6.45) is 1.90. The van der Waals surface area contributed by atoms with E-state index < -0.39 is 6.04 Å². The summed E-state index contributed by atoms with van der Waals surface area (Å²) < 4.78 is 5.64. The van der Waals surface area contributed by atoms with Crippen LogP contribution in [-0.4, -0.2) is 35.9 Å². The summed E-state index contributed by atoms with van der Waals surface area (Å²) in [5, 5.41) is 3.52. The van der Waals surface area contributed by atoms with Crippen LogP contribution >= 0.6 is 11.6 Å². The smallest absolute Gasteiger partial charge is 0.261 e. The first kappa shape index (κ1) is 22.8. The van der Waals surface area contributed by atoms with Crippen molar-refractivity contribution in [2.45, 2.75) is 46.2 Å². The maximum absolute atomic E-state index is 12.9. The van der Waals surface area contributed by atoms with E-state index in [0.29, 0.717) is 23.9 Å². The van der Waals surface area contributed by atoms with Crippen molar-refractivity contribution in [1.82, 2.24) is 10.2 Å². The van der Waals surface area contributed by atoms with Crippen LogP contribution in [0.2, 0.25) is 5.02 Å². The highest BCUT2D eigenvalue weighted by atomic mass is 35.5. The van der Waals surface area contributed by atoms with E-state index >= 15 is 0 Å². The number of nitrogens with one attached hydrogen (secondary N) is 1. The van der Waals surface area contributed by atoms with E-state index in [0.717, 1.165) is 24.0 Å². The average molecular weight is 417 g/mol. The van der Waals surface area contributed by atoms with Gasteiger partial charge in [0.25, 0.3) is 5.91 Å². The molecule has 2 rings (SSSR count). The molecular weight excluding hydrogens is 388 g/mol. The summed E-state index contributed by atoms with van der Waals surface area (Å²) >= 11 is 5.96. The predicted molar refractivity (Wildman–Crippen MR) is 116 cm³/mol. The van der Waals surface area contributed by atoms with Crippen molar-refractivity contribution < 1.29 is 14.3 Å². The quantitative estimate of drug-likeness (QED) is 0.585. The van der Waals surface area contributed by atoms with Crippen LogP contribution in [-0.2, 0) is 16.1 Å². The van der Waals surface area contributed by atoms with E-state index in [4.69, 9.17) is 16.3 Å². The molecule has 0 aliphatic rings. The number of carbonyl (C=O) groups is 2. The third-order valence-electron chi connectivity index (χ3n) is 4.65. The van der Waals surface area contributed by atoms with E-state index in [1.54, 1.807) is 24.0 Å². The number of nitrogens with zero attached hydrogens (tertiary/aromatic N) is 1. The first-order chi connectivity index (χ1) is 13.9. The number of carbonyl (C=O) groups excluding carboxylic acids is 2. The van der Waals surface area contributed by atoms with Gasteiger partial charge in [0.1, 0.15) is 11.8 Å². The molecule has 0 radical (unpaired) electrons. The summed E-state index contributed by atoms with van der Waals surface area (Å²) in [5.41, 5.74) is 2.01. The molecule has 1 N–H and O–H groups in total. The van der Waals surface area contributed by atoms with Gasteiger partial charge in [-0.2, -0.15) is 0 Å². The minimum atomic E-state index is -0.614. The van der Waals surface area contributed by atoms with Gasteiger partial charge in [0, 0.05) is 18.1 Å². The summed E-state index contributed by atoms with van der Waals surface area (Å²) in [4.78, 5) is 27.0. The molecule has 2 amide bonds. The normalized spacial score (nSPS) is 11.6. The molecule has 0 fully saturated rings. The monoisotopic (exact) mass is 416 g/mol. The lowest BCUT2D eigenvalue weighted by Gasteiger charge is -2.28. The molecule has 0 bridgehead atoms. The number of hydrogen-bond donors (Lipinski definition) is 1. The number of halogens is 1. The molecule has 2 aromatic rings. The van der Waals surface area contributed by atoms with E-state index in [1.807, 2.05) is 43.3 Å². The highest BCUT2D eigenvalue weighted by molar-refractivity contribution is 6.30. The van der Waals surface area contributed by atoms with Crippen molar-refractivity contribution in [3.05, 3.63) is 64.7 Å². The SMILES string of the molecule is CCCCNC(=O)C(C)N(Cc1ccc(Cl)cc1)C(=O)COc1ccc(C)cc1. The number of unbranched alkanes of at least 4 members (excludes halogenated alkanes) is 1. The number of amides is 2. The first-order valence-electron chi connectivity index (χ1n) is 9.91. The Balaban J connectivity index is 2.08. The number of ether oxygens (including phenoxy) is 1. The van der Waals surface area contributed by atoms with Crippen molar-refractivity contribution in [2.24, 2.45) is 0 Å². The van der Waals surface area contributed by atoms with Gasteiger partial charge in [0.2, 0.25) is 5.91 Å². The van der Waals surface area contributed by atoms with Crippen molar-refractivity contribution in [3.8, 4) is 5.75 Å². The van der Waals surface area contributed by atoms with E-state index in [2.05, 4.69) is 12.2 Å². The molecule has 0 aliphatic carbocycles. The Kier molecular flexibility index (Phi) is 9.00. The lowest BCUT2D eigenvalue weighted by Crippen LogP contribution is -2.49. The second-order valence-corrected chi connectivity index (χ2v) is 7.51. The van der Waals surface area contributed by atoms with Gasteiger partial charge in [-0.1, -0.05) is 54.8 Å². The Morgan fingerprint density at radius 2 is 1.76 bits per heavy atom. The molecule has 0 spiro atoms. The summed E-state index contributed by atoms with van der Waals surface area (Å²) in [7, 11) is 0. The van der Waals surface area contributed by atoms with Gasteiger partial charge >= 0.3 is 0 Å². The van der Waals surface area contributed by atoms with Crippen LogP contribution in [0.15, 0.2) is 48.5 Å². The average Bonchev–Trinajstić information content (AvgIpc) is 2.72.